The van der Waals surface area contributed by atoms with Gasteiger partial charge in [-0.3, -0.25) is 0 Å². The first-order valence-electron chi connectivity index (χ1n) is 5.22. The van der Waals surface area contributed by atoms with E-state index in [-0.39, 0.29) is 21.4 Å². The van der Waals surface area contributed by atoms with Gasteiger partial charge in [0.05, 0.1) is 9.92 Å². The fourth-order valence-corrected chi connectivity index (χ4v) is 2.24. The van der Waals surface area contributed by atoms with Gasteiger partial charge in [0.2, 0.25) is 10.0 Å². The Balaban J connectivity index is 2.35. The Morgan fingerprint density at radius 2 is 1.70 bits per heavy atom. The van der Waals surface area contributed by atoms with Crippen LogP contribution in [0.5, 0.6) is 11.5 Å². The SMILES string of the molecule is NS(=O)(=O)c1ccc(Oc2ccc(F)cc2F)c(Cl)c1. The van der Waals surface area contributed by atoms with Gasteiger partial charge < -0.3 is 4.74 Å². The molecule has 2 rings (SSSR count). The molecule has 0 unspecified atom stereocenters. The molecule has 8 heteroatoms. The molecule has 0 saturated carbocycles. The van der Waals surface area contributed by atoms with Crippen molar-refractivity contribution in [1.82, 2.24) is 0 Å². The summed E-state index contributed by atoms with van der Waals surface area (Å²) in [5.74, 6) is -1.87. The second-order valence-electron chi connectivity index (χ2n) is 3.81. The Morgan fingerprint density at radius 3 is 2.25 bits per heavy atom. The van der Waals surface area contributed by atoms with Gasteiger partial charge in [-0.25, -0.2) is 22.3 Å². The molecule has 2 aromatic carbocycles. The molecule has 2 aromatic rings. The average Bonchev–Trinajstić information content (AvgIpc) is 2.33. The topological polar surface area (TPSA) is 69.4 Å². The standard InChI is InChI=1S/C12H8ClF2NO3S/c13-9-6-8(20(16,17)18)2-4-11(9)19-12-3-1-7(14)5-10(12)15/h1-6H,(H2,16,17,18). The number of hydrogen-bond donors (Lipinski definition) is 1. The van der Waals surface area contributed by atoms with Crippen molar-refractivity contribution in [3.8, 4) is 11.5 Å². The molecule has 4 nitrogen and oxygen atoms in total. The van der Waals surface area contributed by atoms with Gasteiger partial charge >= 0.3 is 0 Å². The number of rotatable bonds is 3. The summed E-state index contributed by atoms with van der Waals surface area (Å²) in [4.78, 5) is -0.200. The Hall–Kier alpha value is -1.70. The molecular formula is C12H8ClF2NO3S. The molecule has 0 amide bonds. The summed E-state index contributed by atoms with van der Waals surface area (Å²) in [6.45, 7) is 0. The summed E-state index contributed by atoms with van der Waals surface area (Å²) in [5, 5.41) is 4.87. The minimum absolute atomic E-state index is 0.0181. The predicted octanol–water partition coefficient (Wildman–Crippen LogP) is 3.06. The number of benzene rings is 2. The van der Waals surface area contributed by atoms with E-state index in [1.54, 1.807) is 0 Å². The molecule has 0 aliphatic rings. The van der Waals surface area contributed by atoms with E-state index in [2.05, 4.69) is 0 Å². The van der Waals surface area contributed by atoms with E-state index in [4.69, 9.17) is 21.5 Å². The molecule has 0 atom stereocenters. The first-order valence-corrected chi connectivity index (χ1v) is 7.15. The van der Waals surface area contributed by atoms with E-state index in [0.29, 0.717) is 6.07 Å². The molecule has 0 aromatic heterocycles. The second kappa shape index (κ2) is 5.35. The Morgan fingerprint density at radius 1 is 1.05 bits per heavy atom. The van der Waals surface area contributed by atoms with E-state index in [0.717, 1.165) is 24.3 Å². The monoisotopic (exact) mass is 319 g/mol. The van der Waals surface area contributed by atoms with Gasteiger partial charge in [0.1, 0.15) is 11.6 Å². The number of hydrogen-bond acceptors (Lipinski definition) is 3. The summed E-state index contributed by atoms with van der Waals surface area (Å²) in [7, 11) is -3.89. The molecule has 106 valence electrons. The van der Waals surface area contributed by atoms with Crippen LogP contribution in [0.2, 0.25) is 5.02 Å². The molecule has 0 aliphatic heterocycles. The van der Waals surface area contributed by atoms with Crippen molar-refractivity contribution in [3.63, 3.8) is 0 Å². The smallest absolute Gasteiger partial charge is 0.238 e. The summed E-state index contributed by atoms with van der Waals surface area (Å²) in [5.41, 5.74) is 0. The van der Waals surface area contributed by atoms with Gasteiger partial charge in [-0.05, 0) is 30.3 Å². The van der Waals surface area contributed by atoms with Crippen molar-refractivity contribution < 1.29 is 21.9 Å². The van der Waals surface area contributed by atoms with E-state index in [9.17, 15) is 17.2 Å². The molecular weight excluding hydrogens is 312 g/mol. The van der Waals surface area contributed by atoms with Crippen LogP contribution in [0.1, 0.15) is 0 Å². The average molecular weight is 320 g/mol. The van der Waals surface area contributed by atoms with Crippen LogP contribution in [0.3, 0.4) is 0 Å². The summed E-state index contributed by atoms with van der Waals surface area (Å²) >= 11 is 5.83. The maximum atomic E-state index is 13.4. The van der Waals surface area contributed by atoms with Gasteiger partial charge in [-0.1, -0.05) is 11.6 Å². The lowest BCUT2D eigenvalue weighted by Crippen LogP contribution is -2.11. The second-order valence-corrected chi connectivity index (χ2v) is 5.78. The van der Waals surface area contributed by atoms with Crippen molar-refractivity contribution in [2.75, 3.05) is 0 Å². The Kier molecular flexibility index (Phi) is 3.94. The normalized spacial score (nSPS) is 11.4. The maximum Gasteiger partial charge on any atom is 0.238 e. The highest BCUT2D eigenvalue weighted by molar-refractivity contribution is 7.89. The van der Waals surface area contributed by atoms with Gasteiger partial charge in [0.25, 0.3) is 0 Å². The van der Waals surface area contributed by atoms with Crippen molar-refractivity contribution in [3.05, 3.63) is 53.1 Å². The van der Waals surface area contributed by atoms with Crippen LogP contribution < -0.4 is 9.88 Å². The van der Waals surface area contributed by atoms with Crippen LogP contribution in [-0.2, 0) is 10.0 Å². The van der Waals surface area contributed by atoms with Gasteiger partial charge in [0, 0.05) is 6.07 Å². The highest BCUT2D eigenvalue weighted by Gasteiger charge is 2.13. The molecule has 20 heavy (non-hydrogen) atoms. The molecule has 0 saturated heterocycles. The van der Waals surface area contributed by atoms with E-state index >= 15 is 0 Å². The summed E-state index contributed by atoms with van der Waals surface area (Å²) in [6.07, 6.45) is 0. The first-order chi connectivity index (χ1) is 9.27. The fraction of sp³-hybridized carbons (Fsp3) is 0. The lowest BCUT2D eigenvalue weighted by molar-refractivity contribution is 0.437. The van der Waals surface area contributed by atoms with Gasteiger partial charge in [0.15, 0.2) is 11.6 Å². The van der Waals surface area contributed by atoms with Crippen LogP contribution in [0.25, 0.3) is 0 Å². The first kappa shape index (κ1) is 14.7. The fourth-order valence-electron chi connectivity index (χ4n) is 1.42. The molecule has 2 N–H and O–H groups in total. The third-order valence-corrected chi connectivity index (χ3v) is 3.55. The minimum atomic E-state index is -3.89. The van der Waals surface area contributed by atoms with Gasteiger partial charge in [-0.15, -0.1) is 0 Å². The van der Waals surface area contributed by atoms with Crippen LogP contribution in [0.15, 0.2) is 41.3 Å². The summed E-state index contributed by atoms with van der Waals surface area (Å²) in [6, 6.07) is 6.23. The number of halogens is 3. The quantitative estimate of drug-likeness (QED) is 0.945. The number of nitrogens with two attached hydrogens (primary N) is 1. The van der Waals surface area contributed by atoms with E-state index in [1.165, 1.54) is 6.07 Å². The van der Waals surface area contributed by atoms with Crippen LogP contribution in [-0.4, -0.2) is 8.42 Å². The van der Waals surface area contributed by atoms with Crippen molar-refractivity contribution in [2.24, 2.45) is 5.14 Å². The molecule has 0 spiro atoms. The van der Waals surface area contributed by atoms with Gasteiger partial charge in [-0.2, -0.15) is 0 Å². The lowest BCUT2D eigenvalue weighted by atomic mass is 10.3. The number of ether oxygens (including phenoxy) is 1. The number of sulfonamides is 1. The van der Waals surface area contributed by atoms with Crippen LogP contribution in [0, 0.1) is 11.6 Å². The molecule has 0 fully saturated rings. The highest BCUT2D eigenvalue weighted by Crippen LogP contribution is 2.32. The molecule has 0 heterocycles. The third-order valence-electron chi connectivity index (χ3n) is 2.35. The van der Waals surface area contributed by atoms with E-state index in [1.807, 2.05) is 0 Å². The zero-order valence-corrected chi connectivity index (χ0v) is 11.4. The van der Waals surface area contributed by atoms with E-state index < -0.39 is 21.7 Å². The lowest BCUT2D eigenvalue weighted by Gasteiger charge is -2.09. The van der Waals surface area contributed by atoms with Crippen molar-refractivity contribution in [1.29, 1.82) is 0 Å². The third kappa shape index (κ3) is 3.24. The Labute approximate surface area is 118 Å². The van der Waals surface area contributed by atoms with Crippen LogP contribution >= 0.6 is 11.6 Å². The number of primary sulfonamides is 1. The minimum Gasteiger partial charge on any atom is -0.453 e. The molecule has 0 aliphatic carbocycles. The highest BCUT2D eigenvalue weighted by atomic mass is 35.5. The van der Waals surface area contributed by atoms with Crippen molar-refractivity contribution in [2.45, 2.75) is 4.90 Å². The molecule has 0 radical (unpaired) electrons. The molecule has 0 bridgehead atoms. The predicted molar refractivity (Wildman–Crippen MR) is 69.3 cm³/mol. The zero-order chi connectivity index (χ0) is 14.9. The Bertz CT molecular complexity index is 765. The summed E-state index contributed by atoms with van der Waals surface area (Å²) < 4.78 is 53.6. The van der Waals surface area contributed by atoms with Crippen molar-refractivity contribution >= 4 is 21.6 Å². The zero-order valence-electron chi connectivity index (χ0n) is 9.81. The largest absolute Gasteiger partial charge is 0.453 e. The maximum absolute atomic E-state index is 13.4. The van der Waals surface area contributed by atoms with Crippen LogP contribution in [0.4, 0.5) is 8.78 Å².